The Balaban J connectivity index is 2.11. The summed E-state index contributed by atoms with van der Waals surface area (Å²) in [4.78, 5) is 26.2. The molecular formula is C17H22N4O2S. The van der Waals surface area contributed by atoms with Crippen molar-refractivity contribution in [2.24, 2.45) is 0 Å². The average molecular weight is 346 g/mol. The highest BCUT2D eigenvalue weighted by molar-refractivity contribution is 7.20. The van der Waals surface area contributed by atoms with Crippen molar-refractivity contribution < 1.29 is 4.79 Å². The van der Waals surface area contributed by atoms with Crippen molar-refractivity contribution in [1.82, 2.24) is 19.7 Å². The zero-order chi connectivity index (χ0) is 17.6. The molecule has 0 bridgehead atoms. The summed E-state index contributed by atoms with van der Waals surface area (Å²) in [7, 11) is 0. The average Bonchev–Trinajstić information content (AvgIpc) is 2.95. The van der Waals surface area contributed by atoms with Crippen molar-refractivity contribution in [1.29, 1.82) is 0 Å². The van der Waals surface area contributed by atoms with Crippen LogP contribution in [-0.4, -0.2) is 25.8 Å². The molecule has 1 N–H and O–H groups in total. The van der Waals surface area contributed by atoms with Crippen molar-refractivity contribution in [3.05, 3.63) is 27.5 Å². The molecule has 0 spiro atoms. The van der Waals surface area contributed by atoms with E-state index in [1.807, 2.05) is 32.3 Å². The first-order valence-corrected chi connectivity index (χ1v) is 8.82. The van der Waals surface area contributed by atoms with Crippen LogP contribution in [0.3, 0.4) is 0 Å². The fourth-order valence-electron chi connectivity index (χ4n) is 2.96. The van der Waals surface area contributed by atoms with Crippen LogP contribution >= 0.6 is 11.3 Å². The number of fused-ring (bicyclic) bond motifs is 3. The Kier molecular flexibility index (Phi) is 3.99. The molecule has 0 aliphatic rings. The van der Waals surface area contributed by atoms with Crippen molar-refractivity contribution in [2.45, 2.75) is 53.2 Å². The minimum Gasteiger partial charge on any atom is -0.350 e. The first-order chi connectivity index (χ1) is 11.2. The lowest BCUT2D eigenvalue weighted by Crippen LogP contribution is -2.43. The van der Waals surface area contributed by atoms with Crippen LogP contribution in [-0.2, 0) is 17.9 Å². The molecule has 3 heterocycles. The first-order valence-electron chi connectivity index (χ1n) is 8.00. The molecule has 7 heteroatoms. The number of carbonyl (C=O) groups excluding carboxylic acids is 1. The molecule has 0 unspecified atom stereocenters. The van der Waals surface area contributed by atoms with Gasteiger partial charge in [-0.2, -0.15) is 5.10 Å². The molecule has 0 saturated carbocycles. The van der Waals surface area contributed by atoms with Gasteiger partial charge in [0.2, 0.25) is 5.91 Å². The topological polar surface area (TPSA) is 68.9 Å². The smallest absolute Gasteiger partial charge is 0.291 e. The van der Waals surface area contributed by atoms with Gasteiger partial charge in [0.25, 0.3) is 5.56 Å². The van der Waals surface area contributed by atoms with Crippen LogP contribution in [0.15, 0.2) is 17.1 Å². The number of carbonyl (C=O) groups is 1. The molecule has 3 aromatic rings. The molecule has 0 fully saturated rings. The summed E-state index contributed by atoms with van der Waals surface area (Å²) in [6.45, 7) is 10.4. The van der Waals surface area contributed by atoms with Gasteiger partial charge < -0.3 is 9.88 Å². The number of rotatable bonds is 3. The quantitative estimate of drug-likeness (QED) is 0.793. The Hall–Kier alpha value is -2.15. The maximum absolute atomic E-state index is 12.9. The van der Waals surface area contributed by atoms with Crippen LogP contribution in [0.2, 0.25) is 0 Å². The Bertz CT molecular complexity index is 988. The molecule has 0 radical (unpaired) electrons. The minimum atomic E-state index is -0.339. The third-order valence-corrected chi connectivity index (χ3v) is 4.86. The monoisotopic (exact) mass is 346 g/mol. The van der Waals surface area contributed by atoms with Crippen molar-refractivity contribution in [3.63, 3.8) is 0 Å². The Morgan fingerprint density at radius 3 is 2.71 bits per heavy atom. The van der Waals surface area contributed by atoms with E-state index in [0.29, 0.717) is 12.1 Å². The van der Waals surface area contributed by atoms with Crippen LogP contribution in [0.25, 0.3) is 21.1 Å². The van der Waals surface area contributed by atoms with E-state index in [0.717, 1.165) is 15.6 Å². The number of hydrogen-bond donors (Lipinski definition) is 1. The molecule has 3 aromatic heterocycles. The van der Waals surface area contributed by atoms with Crippen molar-refractivity contribution in [2.75, 3.05) is 0 Å². The molecule has 6 nitrogen and oxygen atoms in total. The fourth-order valence-corrected chi connectivity index (χ4v) is 3.98. The maximum atomic E-state index is 12.9. The predicted molar refractivity (Wildman–Crippen MR) is 97.7 cm³/mol. The molecule has 0 aliphatic carbocycles. The van der Waals surface area contributed by atoms with Gasteiger partial charge in [0.15, 0.2) is 0 Å². The lowest BCUT2D eigenvalue weighted by Gasteiger charge is -2.20. The summed E-state index contributed by atoms with van der Waals surface area (Å²) in [6.07, 6.45) is 1.70. The van der Waals surface area contributed by atoms with Gasteiger partial charge in [-0.05, 0) is 40.7 Å². The van der Waals surface area contributed by atoms with E-state index in [4.69, 9.17) is 0 Å². The normalized spacial score (nSPS) is 12.2. The highest BCUT2D eigenvalue weighted by atomic mass is 32.1. The molecule has 0 saturated heterocycles. The molecule has 3 rings (SSSR count). The molecule has 0 aromatic carbocycles. The SMILES string of the molecule is CCn1c2cc(C)sc2c2cnn(CC(=O)NC(C)(C)C)c(=O)c21. The van der Waals surface area contributed by atoms with E-state index in [2.05, 4.69) is 23.4 Å². The first kappa shape index (κ1) is 16.7. The van der Waals surface area contributed by atoms with E-state index in [9.17, 15) is 9.59 Å². The summed E-state index contributed by atoms with van der Waals surface area (Å²) in [5.74, 6) is -0.219. The van der Waals surface area contributed by atoms with Crippen LogP contribution in [0, 0.1) is 6.92 Å². The number of nitrogens with zero attached hydrogens (tertiary/aromatic N) is 3. The van der Waals surface area contributed by atoms with E-state index in [-0.39, 0.29) is 23.6 Å². The zero-order valence-electron chi connectivity index (χ0n) is 14.6. The largest absolute Gasteiger partial charge is 0.350 e. The zero-order valence-corrected chi connectivity index (χ0v) is 15.5. The number of nitrogens with one attached hydrogen (secondary N) is 1. The second-order valence-corrected chi connectivity index (χ2v) is 8.24. The number of amides is 1. The lowest BCUT2D eigenvalue weighted by molar-refractivity contribution is -0.123. The van der Waals surface area contributed by atoms with E-state index in [1.165, 1.54) is 9.56 Å². The van der Waals surface area contributed by atoms with Gasteiger partial charge in [0.05, 0.1) is 16.4 Å². The van der Waals surface area contributed by atoms with Gasteiger partial charge in [-0.1, -0.05) is 0 Å². The standard InChI is InChI=1S/C17H22N4O2S/c1-6-20-12-7-10(2)24-15(12)11-8-18-21(16(23)14(11)20)9-13(22)19-17(3,4)5/h7-8H,6,9H2,1-5H3,(H,19,22). The minimum absolute atomic E-state index is 0.0758. The molecular weight excluding hydrogens is 324 g/mol. The molecule has 24 heavy (non-hydrogen) atoms. The number of thiophene rings is 1. The second kappa shape index (κ2) is 5.73. The second-order valence-electron chi connectivity index (χ2n) is 6.98. The van der Waals surface area contributed by atoms with E-state index < -0.39 is 0 Å². The van der Waals surface area contributed by atoms with Crippen LogP contribution < -0.4 is 10.9 Å². The molecule has 128 valence electrons. The van der Waals surface area contributed by atoms with Crippen molar-refractivity contribution in [3.8, 4) is 0 Å². The van der Waals surface area contributed by atoms with Gasteiger partial charge in [0.1, 0.15) is 12.1 Å². The number of hydrogen-bond acceptors (Lipinski definition) is 4. The van der Waals surface area contributed by atoms with Crippen LogP contribution in [0.1, 0.15) is 32.6 Å². The van der Waals surface area contributed by atoms with Crippen molar-refractivity contribution >= 4 is 38.4 Å². The molecule has 0 atom stereocenters. The summed E-state index contributed by atoms with van der Waals surface area (Å²) >= 11 is 1.67. The fraction of sp³-hybridized carbons (Fsp3) is 0.471. The lowest BCUT2D eigenvalue weighted by atomic mass is 10.1. The third-order valence-electron chi connectivity index (χ3n) is 3.78. The molecule has 1 amide bonds. The van der Waals surface area contributed by atoms with E-state index >= 15 is 0 Å². The highest BCUT2D eigenvalue weighted by Crippen LogP contribution is 2.33. The number of aromatic nitrogens is 3. The Morgan fingerprint density at radius 1 is 1.38 bits per heavy atom. The van der Waals surface area contributed by atoms with Gasteiger partial charge in [-0.3, -0.25) is 9.59 Å². The van der Waals surface area contributed by atoms with Crippen LogP contribution in [0.4, 0.5) is 0 Å². The number of aryl methyl sites for hydroxylation is 2. The van der Waals surface area contributed by atoms with Gasteiger partial charge in [-0.15, -0.1) is 11.3 Å². The van der Waals surface area contributed by atoms with E-state index in [1.54, 1.807) is 17.5 Å². The maximum Gasteiger partial charge on any atom is 0.291 e. The summed E-state index contributed by atoms with van der Waals surface area (Å²) in [5.41, 5.74) is 1.12. The summed E-state index contributed by atoms with van der Waals surface area (Å²) in [6, 6.07) is 2.10. The van der Waals surface area contributed by atoms with Gasteiger partial charge in [0, 0.05) is 22.3 Å². The summed E-state index contributed by atoms with van der Waals surface area (Å²) in [5, 5.41) is 7.94. The van der Waals surface area contributed by atoms with Gasteiger partial charge in [-0.25, -0.2) is 4.68 Å². The highest BCUT2D eigenvalue weighted by Gasteiger charge is 2.19. The summed E-state index contributed by atoms with van der Waals surface area (Å²) < 4.78 is 4.34. The van der Waals surface area contributed by atoms with Gasteiger partial charge >= 0.3 is 0 Å². The van der Waals surface area contributed by atoms with Crippen LogP contribution in [0.5, 0.6) is 0 Å². The predicted octanol–water partition coefficient (Wildman–Crippen LogP) is 2.66. The Labute approximate surface area is 144 Å². The Morgan fingerprint density at radius 2 is 2.08 bits per heavy atom. The molecule has 0 aliphatic heterocycles. The third kappa shape index (κ3) is 2.84.